The predicted octanol–water partition coefficient (Wildman–Crippen LogP) is 1.10. The molecule has 8 heteroatoms. The molecule has 1 amide bonds. The summed E-state index contributed by atoms with van der Waals surface area (Å²) >= 11 is 0. The summed E-state index contributed by atoms with van der Waals surface area (Å²) in [6.45, 7) is 4.48. The Bertz CT molecular complexity index is 716. The van der Waals surface area contributed by atoms with Crippen LogP contribution in [0.1, 0.15) is 26.2 Å². The SMILES string of the molecule is CCS(=O)(=O)CC(=O)N1CCC(Oc2cccnc2N2CCCC2)C1. The highest BCUT2D eigenvalue weighted by atomic mass is 32.2. The lowest BCUT2D eigenvalue weighted by atomic mass is 10.3. The number of anilines is 1. The van der Waals surface area contributed by atoms with E-state index in [4.69, 9.17) is 4.74 Å². The molecule has 0 aromatic carbocycles. The Morgan fingerprint density at radius 2 is 2.08 bits per heavy atom. The van der Waals surface area contributed by atoms with Gasteiger partial charge in [-0.15, -0.1) is 0 Å². The van der Waals surface area contributed by atoms with Crippen molar-refractivity contribution >= 4 is 21.6 Å². The van der Waals surface area contributed by atoms with Crippen LogP contribution in [0.25, 0.3) is 0 Å². The number of hydrogen-bond acceptors (Lipinski definition) is 6. The molecule has 0 aliphatic carbocycles. The molecule has 25 heavy (non-hydrogen) atoms. The van der Waals surface area contributed by atoms with E-state index in [0.29, 0.717) is 19.5 Å². The monoisotopic (exact) mass is 367 g/mol. The summed E-state index contributed by atoms with van der Waals surface area (Å²) in [6, 6.07) is 3.76. The Hall–Kier alpha value is -1.83. The molecule has 3 rings (SSSR count). The molecule has 2 saturated heterocycles. The molecule has 7 nitrogen and oxygen atoms in total. The van der Waals surface area contributed by atoms with E-state index in [1.54, 1.807) is 18.0 Å². The third kappa shape index (κ3) is 4.42. The minimum absolute atomic E-state index is 0.0125. The van der Waals surface area contributed by atoms with E-state index < -0.39 is 15.6 Å². The van der Waals surface area contributed by atoms with E-state index in [1.807, 2.05) is 12.1 Å². The molecule has 138 valence electrons. The molecule has 1 atom stereocenters. The number of aromatic nitrogens is 1. The zero-order valence-electron chi connectivity index (χ0n) is 14.6. The van der Waals surface area contributed by atoms with Gasteiger partial charge in [0.15, 0.2) is 21.4 Å². The van der Waals surface area contributed by atoms with Crippen molar-refractivity contribution in [3.8, 4) is 5.75 Å². The fourth-order valence-corrected chi connectivity index (χ4v) is 4.02. The van der Waals surface area contributed by atoms with E-state index >= 15 is 0 Å². The molecule has 0 bridgehead atoms. The molecule has 0 spiro atoms. The molecule has 2 fully saturated rings. The minimum Gasteiger partial charge on any atom is -0.485 e. The van der Waals surface area contributed by atoms with Crippen LogP contribution in [0.5, 0.6) is 5.75 Å². The van der Waals surface area contributed by atoms with Crippen LogP contribution in [0.3, 0.4) is 0 Å². The number of carbonyl (C=O) groups is 1. The van der Waals surface area contributed by atoms with Crippen molar-refractivity contribution in [2.75, 3.05) is 42.6 Å². The summed E-state index contributed by atoms with van der Waals surface area (Å²) < 4.78 is 29.4. The average Bonchev–Trinajstić information content (AvgIpc) is 3.27. The maximum Gasteiger partial charge on any atom is 0.237 e. The number of rotatable bonds is 6. The first kappa shape index (κ1) is 18.0. The molecule has 1 unspecified atom stereocenters. The lowest BCUT2D eigenvalue weighted by molar-refractivity contribution is -0.127. The number of amides is 1. The molecule has 2 aliphatic rings. The summed E-state index contributed by atoms with van der Waals surface area (Å²) in [5, 5.41) is 0. The topological polar surface area (TPSA) is 79.8 Å². The molecule has 0 saturated carbocycles. The molecule has 0 radical (unpaired) electrons. The third-order valence-corrected chi connectivity index (χ3v) is 6.30. The van der Waals surface area contributed by atoms with Gasteiger partial charge in [-0.25, -0.2) is 13.4 Å². The lowest BCUT2D eigenvalue weighted by Gasteiger charge is -2.22. The molecule has 1 aromatic rings. The molecule has 0 N–H and O–H groups in total. The minimum atomic E-state index is -3.30. The second kappa shape index (κ2) is 7.59. The Balaban J connectivity index is 1.61. The standard InChI is InChI=1S/C17H25N3O4S/c1-2-25(22,23)13-16(21)20-11-7-14(12-20)24-15-6-5-8-18-17(15)19-9-3-4-10-19/h5-6,8,14H,2-4,7,9-13H2,1H3. The summed E-state index contributed by atoms with van der Waals surface area (Å²) in [6.07, 6.45) is 4.66. The van der Waals surface area contributed by atoms with Gasteiger partial charge in [0.2, 0.25) is 5.91 Å². The first-order valence-corrected chi connectivity index (χ1v) is 10.7. The van der Waals surface area contributed by atoms with Gasteiger partial charge in [0, 0.05) is 38.0 Å². The third-order valence-electron chi connectivity index (χ3n) is 4.73. The van der Waals surface area contributed by atoms with Gasteiger partial charge in [-0.3, -0.25) is 4.79 Å². The average molecular weight is 367 g/mol. The number of ether oxygens (including phenoxy) is 1. The van der Waals surface area contributed by atoms with E-state index in [1.165, 1.54) is 0 Å². The summed E-state index contributed by atoms with van der Waals surface area (Å²) in [5.41, 5.74) is 0. The fourth-order valence-electron chi connectivity index (χ4n) is 3.25. The van der Waals surface area contributed by atoms with Crippen LogP contribution in [-0.4, -0.2) is 68.0 Å². The molecule has 1 aromatic heterocycles. The highest BCUT2D eigenvalue weighted by Crippen LogP contribution is 2.30. The van der Waals surface area contributed by atoms with Gasteiger partial charge in [-0.2, -0.15) is 0 Å². The number of sulfone groups is 1. The van der Waals surface area contributed by atoms with E-state index in [0.717, 1.165) is 37.5 Å². The Morgan fingerprint density at radius 3 is 2.80 bits per heavy atom. The van der Waals surface area contributed by atoms with E-state index in [-0.39, 0.29) is 17.8 Å². The van der Waals surface area contributed by atoms with Crippen LogP contribution in [-0.2, 0) is 14.6 Å². The highest BCUT2D eigenvalue weighted by molar-refractivity contribution is 7.92. The second-order valence-electron chi connectivity index (χ2n) is 6.56. The summed E-state index contributed by atoms with van der Waals surface area (Å²) in [5.74, 6) is 0.839. The van der Waals surface area contributed by atoms with Gasteiger partial charge < -0.3 is 14.5 Å². The first-order valence-electron chi connectivity index (χ1n) is 8.83. The van der Waals surface area contributed by atoms with Gasteiger partial charge in [-0.1, -0.05) is 6.92 Å². The maximum atomic E-state index is 12.2. The van der Waals surface area contributed by atoms with Gasteiger partial charge in [0.25, 0.3) is 0 Å². The van der Waals surface area contributed by atoms with Crippen molar-refractivity contribution < 1.29 is 17.9 Å². The van der Waals surface area contributed by atoms with E-state index in [2.05, 4.69) is 9.88 Å². The zero-order valence-corrected chi connectivity index (χ0v) is 15.4. The number of nitrogens with zero attached hydrogens (tertiary/aromatic N) is 3. The molecule has 3 heterocycles. The highest BCUT2D eigenvalue weighted by Gasteiger charge is 2.30. The predicted molar refractivity (Wildman–Crippen MR) is 95.6 cm³/mol. The largest absolute Gasteiger partial charge is 0.485 e. The zero-order chi connectivity index (χ0) is 17.9. The van der Waals surface area contributed by atoms with Crippen molar-refractivity contribution in [3.63, 3.8) is 0 Å². The van der Waals surface area contributed by atoms with Crippen LogP contribution in [0.4, 0.5) is 5.82 Å². The first-order chi connectivity index (χ1) is 12.0. The van der Waals surface area contributed by atoms with Gasteiger partial charge in [-0.05, 0) is 25.0 Å². The van der Waals surface area contributed by atoms with Crippen LogP contribution in [0, 0.1) is 0 Å². The van der Waals surface area contributed by atoms with Crippen LogP contribution in [0.2, 0.25) is 0 Å². The van der Waals surface area contributed by atoms with Gasteiger partial charge in [0.05, 0.1) is 6.54 Å². The number of likely N-dealkylation sites (tertiary alicyclic amines) is 1. The van der Waals surface area contributed by atoms with Crippen LogP contribution >= 0.6 is 0 Å². The van der Waals surface area contributed by atoms with Crippen molar-refractivity contribution in [2.45, 2.75) is 32.3 Å². The van der Waals surface area contributed by atoms with Crippen LogP contribution in [0.15, 0.2) is 18.3 Å². The normalized spacial score (nSPS) is 20.9. The lowest BCUT2D eigenvalue weighted by Crippen LogP contribution is -2.35. The fraction of sp³-hybridized carbons (Fsp3) is 0.647. The Kier molecular flexibility index (Phi) is 5.46. The number of pyridine rings is 1. The van der Waals surface area contributed by atoms with Crippen molar-refractivity contribution in [1.29, 1.82) is 0 Å². The van der Waals surface area contributed by atoms with Crippen molar-refractivity contribution in [1.82, 2.24) is 9.88 Å². The maximum absolute atomic E-state index is 12.2. The Labute approximate surface area is 148 Å². The second-order valence-corrected chi connectivity index (χ2v) is 8.92. The molecular weight excluding hydrogens is 342 g/mol. The quantitative estimate of drug-likeness (QED) is 0.749. The van der Waals surface area contributed by atoms with Gasteiger partial charge >= 0.3 is 0 Å². The smallest absolute Gasteiger partial charge is 0.237 e. The number of carbonyl (C=O) groups excluding carboxylic acids is 1. The number of hydrogen-bond donors (Lipinski definition) is 0. The Morgan fingerprint density at radius 1 is 1.32 bits per heavy atom. The molecular formula is C17H25N3O4S. The summed E-state index contributed by atoms with van der Waals surface area (Å²) in [4.78, 5) is 20.4. The van der Waals surface area contributed by atoms with Crippen molar-refractivity contribution in [3.05, 3.63) is 18.3 Å². The summed E-state index contributed by atoms with van der Waals surface area (Å²) in [7, 11) is -3.30. The van der Waals surface area contributed by atoms with Crippen LogP contribution < -0.4 is 9.64 Å². The van der Waals surface area contributed by atoms with Crippen molar-refractivity contribution in [2.24, 2.45) is 0 Å². The van der Waals surface area contributed by atoms with E-state index in [9.17, 15) is 13.2 Å². The van der Waals surface area contributed by atoms with Gasteiger partial charge in [0.1, 0.15) is 11.9 Å². The molecule has 2 aliphatic heterocycles.